The lowest BCUT2D eigenvalue weighted by molar-refractivity contribution is 1.20. The van der Waals surface area contributed by atoms with Crippen LogP contribution in [0.5, 0.6) is 0 Å². The first-order valence-corrected chi connectivity index (χ1v) is 6.53. The summed E-state index contributed by atoms with van der Waals surface area (Å²) in [7, 11) is 2.07. The summed E-state index contributed by atoms with van der Waals surface area (Å²) in [5.41, 5.74) is 11.8. The lowest BCUT2D eigenvalue weighted by atomic mass is 10.1. The van der Waals surface area contributed by atoms with Crippen molar-refractivity contribution in [2.45, 2.75) is 20.8 Å². The van der Waals surface area contributed by atoms with Crippen molar-refractivity contribution in [1.82, 2.24) is 0 Å². The standard InChI is InChI=1S/C14H18N2S/c1-9-5-6-17-14(9)16(4)13-8-11(3)10(2)7-12(13)15/h5-8H,15H2,1-4H3. The Morgan fingerprint density at radius 3 is 2.29 bits per heavy atom. The van der Waals surface area contributed by atoms with Gasteiger partial charge in [-0.15, -0.1) is 11.3 Å². The molecule has 0 saturated carbocycles. The van der Waals surface area contributed by atoms with Gasteiger partial charge in [-0.25, -0.2) is 0 Å². The summed E-state index contributed by atoms with van der Waals surface area (Å²) >= 11 is 1.74. The van der Waals surface area contributed by atoms with Gasteiger partial charge in [0.05, 0.1) is 16.4 Å². The normalized spacial score (nSPS) is 10.6. The van der Waals surface area contributed by atoms with E-state index < -0.39 is 0 Å². The number of benzene rings is 1. The van der Waals surface area contributed by atoms with E-state index in [9.17, 15) is 0 Å². The van der Waals surface area contributed by atoms with Crippen molar-refractivity contribution in [3.8, 4) is 0 Å². The molecule has 0 aliphatic carbocycles. The number of thiophene rings is 1. The third-order valence-corrected chi connectivity index (χ3v) is 4.24. The molecule has 0 bridgehead atoms. The first-order chi connectivity index (χ1) is 8.00. The fourth-order valence-corrected chi connectivity index (χ4v) is 2.84. The minimum atomic E-state index is 0.836. The van der Waals surface area contributed by atoms with Gasteiger partial charge >= 0.3 is 0 Å². The van der Waals surface area contributed by atoms with Gasteiger partial charge in [-0.3, -0.25) is 0 Å². The van der Waals surface area contributed by atoms with E-state index in [1.807, 2.05) is 6.07 Å². The fraction of sp³-hybridized carbons (Fsp3) is 0.286. The van der Waals surface area contributed by atoms with Crippen molar-refractivity contribution < 1.29 is 0 Å². The third-order valence-electron chi connectivity index (χ3n) is 3.14. The number of aryl methyl sites for hydroxylation is 3. The van der Waals surface area contributed by atoms with Crippen LogP contribution in [-0.4, -0.2) is 7.05 Å². The quantitative estimate of drug-likeness (QED) is 0.811. The second kappa shape index (κ2) is 4.41. The van der Waals surface area contributed by atoms with E-state index in [4.69, 9.17) is 5.73 Å². The van der Waals surface area contributed by atoms with E-state index in [1.165, 1.54) is 21.7 Å². The summed E-state index contributed by atoms with van der Waals surface area (Å²) in [6.45, 7) is 6.33. The molecular formula is C14H18N2S. The highest BCUT2D eigenvalue weighted by molar-refractivity contribution is 7.14. The SMILES string of the molecule is Cc1cc(N)c(N(C)c2sccc2C)cc1C. The van der Waals surface area contributed by atoms with Crippen LogP contribution >= 0.6 is 11.3 Å². The highest BCUT2D eigenvalue weighted by Gasteiger charge is 2.12. The van der Waals surface area contributed by atoms with Crippen LogP contribution in [0.4, 0.5) is 16.4 Å². The number of hydrogen-bond acceptors (Lipinski definition) is 3. The molecular weight excluding hydrogens is 228 g/mol. The minimum Gasteiger partial charge on any atom is -0.397 e. The number of nitrogens with two attached hydrogens (primary N) is 1. The van der Waals surface area contributed by atoms with Gasteiger partial charge in [0.2, 0.25) is 0 Å². The lowest BCUT2D eigenvalue weighted by Crippen LogP contribution is -2.11. The predicted octanol–water partition coefficient (Wildman–Crippen LogP) is 4.02. The second-order valence-corrected chi connectivity index (χ2v) is 5.36. The van der Waals surface area contributed by atoms with E-state index >= 15 is 0 Å². The van der Waals surface area contributed by atoms with Crippen LogP contribution in [0.2, 0.25) is 0 Å². The summed E-state index contributed by atoms with van der Waals surface area (Å²) in [5.74, 6) is 0. The van der Waals surface area contributed by atoms with Gasteiger partial charge < -0.3 is 10.6 Å². The molecule has 0 aliphatic rings. The highest BCUT2D eigenvalue weighted by Crippen LogP contribution is 2.35. The van der Waals surface area contributed by atoms with Crippen LogP contribution in [0.3, 0.4) is 0 Å². The Balaban J connectivity index is 2.48. The molecule has 17 heavy (non-hydrogen) atoms. The molecule has 0 fully saturated rings. The summed E-state index contributed by atoms with van der Waals surface area (Å²) in [4.78, 5) is 2.17. The van der Waals surface area contributed by atoms with Crippen molar-refractivity contribution in [3.05, 3.63) is 40.3 Å². The summed E-state index contributed by atoms with van der Waals surface area (Å²) in [6.07, 6.45) is 0. The van der Waals surface area contributed by atoms with Crippen molar-refractivity contribution >= 4 is 27.7 Å². The molecule has 1 aromatic heterocycles. The molecule has 0 atom stereocenters. The van der Waals surface area contributed by atoms with E-state index in [-0.39, 0.29) is 0 Å². The number of nitrogen functional groups attached to an aromatic ring is 1. The second-order valence-electron chi connectivity index (χ2n) is 4.46. The molecule has 1 heterocycles. The Bertz CT molecular complexity index is 543. The molecule has 90 valence electrons. The van der Waals surface area contributed by atoms with Gasteiger partial charge in [-0.1, -0.05) is 0 Å². The van der Waals surface area contributed by atoms with Crippen molar-refractivity contribution in [1.29, 1.82) is 0 Å². The molecule has 2 N–H and O–H groups in total. The molecule has 0 aliphatic heterocycles. The van der Waals surface area contributed by atoms with Crippen LogP contribution in [0.25, 0.3) is 0 Å². The molecule has 2 aromatic rings. The maximum absolute atomic E-state index is 6.11. The number of rotatable bonds is 2. The monoisotopic (exact) mass is 246 g/mol. The molecule has 0 unspecified atom stereocenters. The largest absolute Gasteiger partial charge is 0.397 e. The highest BCUT2D eigenvalue weighted by atomic mass is 32.1. The van der Waals surface area contributed by atoms with Crippen LogP contribution < -0.4 is 10.6 Å². The maximum atomic E-state index is 6.11. The molecule has 0 saturated heterocycles. The first-order valence-electron chi connectivity index (χ1n) is 5.65. The minimum absolute atomic E-state index is 0.836. The zero-order valence-electron chi connectivity index (χ0n) is 10.7. The van der Waals surface area contributed by atoms with Crippen LogP contribution in [0, 0.1) is 20.8 Å². The molecule has 0 amide bonds. The Hall–Kier alpha value is -1.48. The van der Waals surface area contributed by atoms with Crippen LogP contribution in [0.1, 0.15) is 16.7 Å². The Morgan fingerprint density at radius 2 is 1.71 bits per heavy atom. The van der Waals surface area contributed by atoms with Crippen molar-refractivity contribution in [2.24, 2.45) is 0 Å². The smallest absolute Gasteiger partial charge is 0.0980 e. The Kier molecular flexibility index (Phi) is 3.11. The summed E-state index contributed by atoms with van der Waals surface area (Å²) in [5, 5.41) is 3.36. The topological polar surface area (TPSA) is 29.3 Å². The average Bonchev–Trinajstić information content (AvgIpc) is 2.69. The Morgan fingerprint density at radius 1 is 1.06 bits per heavy atom. The zero-order valence-corrected chi connectivity index (χ0v) is 11.6. The molecule has 0 spiro atoms. The van der Waals surface area contributed by atoms with E-state index in [0.717, 1.165) is 11.4 Å². The molecule has 2 nitrogen and oxygen atoms in total. The Labute approximate surface area is 107 Å². The number of nitrogens with zero attached hydrogens (tertiary/aromatic N) is 1. The molecule has 3 heteroatoms. The van der Waals surface area contributed by atoms with Crippen LogP contribution in [0.15, 0.2) is 23.6 Å². The molecule has 2 rings (SSSR count). The fourth-order valence-electron chi connectivity index (χ4n) is 1.93. The summed E-state index contributed by atoms with van der Waals surface area (Å²) < 4.78 is 0. The van der Waals surface area contributed by atoms with Gasteiger partial charge in [0.1, 0.15) is 0 Å². The van der Waals surface area contributed by atoms with Crippen LogP contribution in [-0.2, 0) is 0 Å². The van der Waals surface area contributed by atoms with Crippen molar-refractivity contribution in [3.63, 3.8) is 0 Å². The molecule has 0 radical (unpaired) electrons. The van der Waals surface area contributed by atoms with Gasteiger partial charge in [0.15, 0.2) is 0 Å². The molecule has 1 aromatic carbocycles. The van der Waals surface area contributed by atoms with Gasteiger partial charge in [0, 0.05) is 7.05 Å². The van der Waals surface area contributed by atoms with Gasteiger partial charge in [-0.2, -0.15) is 0 Å². The average molecular weight is 246 g/mol. The van der Waals surface area contributed by atoms with Gasteiger partial charge in [-0.05, 0) is 61.0 Å². The van der Waals surface area contributed by atoms with Gasteiger partial charge in [0.25, 0.3) is 0 Å². The lowest BCUT2D eigenvalue weighted by Gasteiger charge is -2.21. The maximum Gasteiger partial charge on any atom is 0.0980 e. The van der Waals surface area contributed by atoms with E-state index in [1.54, 1.807) is 11.3 Å². The zero-order chi connectivity index (χ0) is 12.6. The predicted molar refractivity (Wildman–Crippen MR) is 77.4 cm³/mol. The van der Waals surface area contributed by atoms with E-state index in [0.29, 0.717) is 0 Å². The number of hydrogen-bond donors (Lipinski definition) is 1. The first kappa shape index (κ1) is 12.0. The summed E-state index contributed by atoms with van der Waals surface area (Å²) in [6, 6.07) is 6.33. The number of anilines is 3. The third kappa shape index (κ3) is 2.15. The van der Waals surface area contributed by atoms with E-state index in [2.05, 4.69) is 50.2 Å². The van der Waals surface area contributed by atoms with Crippen molar-refractivity contribution in [2.75, 3.05) is 17.7 Å².